The van der Waals surface area contributed by atoms with E-state index in [-0.39, 0.29) is 16.8 Å². The van der Waals surface area contributed by atoms with Crippen molar-refractivity contribution in [1.82, 2.24) is 4.57 Å². The Labute approximate surface area is 175 Å². The summed E-state index contributed by atoms with van der Waals surface area (Å²) in [5, 5.41) is 3.92. The number of anilines is 1. The predicted octanol–water partition coefficient (Wildman–Crippen LogP) is 5.82. The molecular formula is C19H18Cl2N2O2S2. The molecular weight excluding hydrogens is 423 g/mol. The van der Waals surface area contributed by atoms with Gasteiger partial charge in [-0.2, -0.15) is 0 Å². The Kier molecular flexibility index (Phi) is 6.52. The zero-order valence-corrected chi connectivity index (χ0v) is 17.9. The van der Waals surface area contributed by atoms with Gasteiger partial charge in [0, 0.05) is 17.5 Å². The maximum absolute atomic E-state index is 12.2. The van der Waals surface area contributed by atoms with Gasteiger partial charge >= 0.3 is 4.87 Å². The summed E-state index contributed by atoms with van der Waals surface area (Å²) in [6, 6.07) is 11.1. The number of nitrogens with zero attached hydrogens (tertiary/aromatic N) is 1. The minimum Gasteiger partial charge on any atom is -0.325 e. The molecule has 142 valence electrons. The number of aromatic nitrogens is 1. The Morgan fingerprint density at radius 2 is 1.96 bits per heavy atom. The smallest absolute Gasteiger partial charge is 0.308 e. The molecule has 0 radical (unpaired) electrons. The molecule has 2 aromatic carbocycles. The molecule has 1 heterocycles. The van der Waals surface area contributed by atoms with Crippen LogP contribution in [0.25, 0.3) is 10.2 Å². The molecule has 0 saturated carbocycles. The van der Waals surface area contributed by atoms with Crippen molar-refractivity contribution in [3.05, 3.63) is 61.7 Å². The SMILES string of the molecule is CC(C)n1c(=O)sc2cc(NC(=O)CSCc3ccc(Cl)c(Cl)c3)ccc21. The normalized spacial score (nSPS) is 11.3. The number of amides is 1. The first kappa shape index (κ1) is 20.3. The van der Waals surface area contributed by atoms with Crippen molar-refractivity contribution in [1.29, 1.82) is 0 Å². The second-order valence-electron chi connectivity index (χ2n) is 6.30. The number of carbonyl (C=O) groups excluding carboxylic acids is 1. The lowest BCUT2D eigenvalue weighted by atomic mass is 10.2. The van der Waals surface area contributed by atoms with E-state index in [2.05, 4.69) is 5.32 Å². The fourth-order valence-electron chi connectivity index (χ4n) is 2.69. The van der Waals surface area contributed by atoms with Crippen molar-refractivity contribution in [2.45, 2.75) is 25.6 Å². The second-order valence-corrected chi connectivity index (χ2v) is 9.10. The monoisotopic (exact) mass is 440 g/mol. The summed E-state index contributed by atoms with van der Waals surface area (Å²) in [5.41, 5.74) is 2.61. The second kappa shape index (κ2) is 8.69. The summed E-state index contributed by atoms with van der Waals surface area (Å²) < 4.78 is 2.63. The maximum atomic E-state index is 12.2. The van der Waals surface area contributed by atoms with E-state index in [4.69, 9.17) is 23.2 Å². The van der Waals surface area contributed by atoms with Gasteiger partial charge in [-0.1, -0.05) is 40.6 Å². The summed E-state index contributed by atoms with van der Waals surface area (Å²) in [5.74, 6) is 0.902. The van der Waals surface area contributed by atoms with Crippen LogP contribution in [0.5, 0.6) is 0 Å². The fraction of sp³-hybridized carbons (Fsp3) is 0.263. The lowest BCUT2D eigenvalue weighted by Crippen LogP contribution is -2.15. The molecule has 0 spiro atoms. The zero-order valence-electron chi connectivity index (χ0n) is 14.8. The van der Waals surface area contributed by atoms with Gasteiger partial charge in [0.2, 0.25) is 5.91 Å². The van der Waals surface area contributed by atoms with Gasteiger partial charge in [-0.3, -0.25) is 14.2 Å². The molecule has 27 heavy (non-hydrogen) atoms. The molecule has 0 aliphatic rings. The van der Waals surface area contributed by atoms with E-state index in [1.54, 1.807) is 10.6 Å². The van der Waals surface area contributed by atoms with E-state index in [1.165, 1.54) is 23.1 Å². The molecule has 0 fully saturated rings. The highest BCUT2D eigenvalue weighted by Crippen LogP contribution is 2.26. The number of nitrogens with one attached hydrogen (secondary N) is 1. The van der Waals surface area contributed by atoms with Gasteiger partial charge in [0.15, 0.2) is 0 Å². The molecule has 0 unspecified atom stereocenters. The standard InChI is InChI=1S/C19H18Cl2N2O2S2/c1-11(2)23-16-6-4-13(8-17(16)27-19(23)25)22-18(24)10-26-9-12-3-5-14(20)15(21)7-12/h3-8,11H,9-10H2,1-2H3,(H,22,24). The van der Waals surface area contributed by atoms with E-state index in [0.717, 1.165) is 15.8 Å². The molecule has 4 nitrogen and oxygen atoms in total. The number of halogens is 2. The highest BCUT2D eigenvalue weighted by Gasteiger charge is 2.11. The predicted molar refractivity (Wildman–Crippen MR) is 118 cm³/mol. The molecule has 0 bridgehead atoms. The fourth-order valence-corrected chi connectivity index (χ4v) is 4.84. The molecule has 1 amide bonds. The van der Waals surface area contributed by atoms with E-state index in [9.17, 15) is 9.59 Å². The average molecular weight is 441 g/mol. The number of benzene rings is 2. The lowest BCUT2D eigenvalue weighted by molar-refractivity contribution is -0.113. The highest BCUT2D eigenvalue weighted by atomic mass is 35.5. The summed E-state index contributed by atoms with van der Waals surface area (Å²) in [6.45, 7) is 3.96. The third-order valence-electron chi connectivity index (χ3n) is 3.90. The van der Waals surface area contributed by atoms with Crippen LogP contribution < -0.4 is 10.2 Å². The Morgan fingerprint density at radius 3 is 2.67 bits per heavy atom. The molecule has 0 saturated heterocycles. The topological polar surface area (TPSA) is 51.1 Å². The first-order valence-corrected chi connectivity index (χ1v) is 11.0. The molecule has 0 atom stereocenters. The van der Waals surface area contributed by atoms with E-state index in [0.29, 0.717) is 27.2 Å². The number of hydrogen-bond acceptors (Lipinski definition) is 4. The number of thioether (sulfide) groups is 1. The molecule has 1 N–H and O–H groups in total. The summed E-state index contributed by atoms with van der Waals surface area (Å²) in [4.78, 5) is 24.3. The number of fused-ring (bicyclic) bond motifs is 1. The minimum atomic E-state index is -0.0879. The van der Waals surface area contributed by atoms with E-state index >= 15 is 0 Å². The first-order valence-electron chi connectivity index (χ1n) is 8.32. The highest BCUT2D eigenvalue weighted by molar-refractivity contribution is 7.99. The van der Waals surface area contributed by atoms with Crippen LogP contribution >= 0.6 is 46.3 Å². The molecule has 3 rings (SSSR count). The Morgan fingerprint density at radius 1 is 1.19 bits per heavy atom. The molecule has 3 aromatic rings. The minimum absolute atomic E-state index is 0.0145. The van der Waals surface area contributed by atoms with Crippen molar-refractivity contribution >= 4 is 68.1 Å². The van der Waals surface area contributed by atoms with Gasteiger partial charge in [0.05, 0.1) is 26.0 Å². The van der Waals surface area contributed by atoms with Crippen LogP contribution in [-0.4, -0.2) is 16.2 Å². The Bertz CT molecular complexity index is 1040. The summed E-state index contributed by atoms with van der Waals surface area (Å²) in [7, 11) is 0. The Hall–Kier alpha value is -1.47. The molecule has 1 aromatic heterocycles. The van der Waals surface area contributed by atoms with Gasteiger partial charge in [-0.05, 0) is 49.7 Å². The van der Waals surface area contributed by atoms with Crippen molar-refractivity contribution in [2.24, 2.45) is 0 Å². The number of thiazole rings is 1. The van der Waals surface area contributed by atoms with Crippen LogP contribution in [0.1, 0.15) is 25.5 Å². The van der Waals surface area contributed by atoms with E-state index in [1.807, 2.05) is 44.2 Å². The largest absolute Gasteiger partial charge is 0.325 e. The summed E-state index contributed by atoms with van der Waals surface area (Å²) in [6.07, 6.45) is 0. The quantitative estimate of drug-likeness (QED) is 0.524. The van der Waals surface area contributed by atoms with Crippen LogP contribution in [0.15, 0.2) is 41.2 Å². The number of carbonyl (C=O) groups is 1. The van der Waals surface area contributed by atoms with Crippen LogP contribution in [0.3, 0.4) is 0 Å². The third kappa shape index (κ3) is 4.88. The average Bonchev–Trinajstić information content (AvgIpc) is 2.93. The van der Waals surface area contributed by atoms with Crippen molar-refractivity contribution in [3.63, 3.8) is 0 Å². The third-order valence-corrected chi connectivity index (χ3v) is 6.56. The Balaban J connectivity index is 1.60. The summed E-state index contributed by atoms with van der Waals surface area (Å²) >= 11 is 14.6. The van der Waals surface area contributed by atoms with E-state index < -0.39 is 0 Å². The number of hydrogen-bond donors (Lipinski definition) is 1. The van der Waals surface area contributed by atoms with Crippen LogP contribution in [0, 0.1) is 0 Å². The number of rotatable bonds is 6. The zero-order chi connectivity index (χ0) is 19.6. The molecule has 0 aliphatic carbocycles. The van der Waals surface area contributed by atoms with Gasteiger partial charge < -0.3 is 5.32 Å². The van der Waals surface area contributed by atoms with Gasteiger partial charge in [-0.15, -0.1) is 11.8 Å². The molecule has 8 heteroatoms. The van der Waals surface area contributed by atoms with Crippen molar-refractivity contribution in [2.75, 3.05) is 11.1 Å². The lowest BCUT2D eigenvalue weighted by Gasteiger charge is -2.09. The van der Waals surface area contributed by atoms with Crippen LogP contribution in [0.2, 0.25) is 10.0 Å². The van der Waals surface area contributed by atoms with Crippen LogP contribution in [0.4, 0.5) is 5.69 Å². The van der Waals surface area contributed by atoms with Gasteiger partial charge in [0.1, 0.15) is 0 Å². The van der Waals surface area contributed by atoms with Gasteiger partial charge in [0.25, 0.3) is 0 Å². The molecule has 0 aliphatic heterocycles. The first-order chi connectivity index (χ1) is 12.8. The maximum Gasteiger partial charge on any atom is 0.308 e. The van der Waals surface area contributed by atoms with Gasteiger partial charge in [-0.25, -0.2) is 0 Å². The van der Waals surface area contributed by atoms with Crippen molar-refractivity contribution < 1.29 is 4.79 Å². The van der Waals surface area contributed by atoms with Crippen LogP contribution in [-0.2, 0) is 10.5 Å². The van der Waals surface area contributed by atoms with Crippen molar-refractivity contribution in [3.8, 4) is 0 Å².